The van der Waals surface area contributed by atoms with Crippen molar-refractivity contribution in [3.63, 3.8) is 0 Å². The first kappa shape index (κ1) is 25.2. The number of nitrogens with zero attached hydrogens (tertiary/aromatic N) is 3. The van der Waals surface area contributed by atoms with E-state index in [0.717, 1.165) is 69.3 Å². The number of amides is 1. The van der Waals surface area contributed by atoms with Gasteiger partial charge in [-0.05, 0) is 73.9 Å². The maximum Gasteiger partial charge on any atom is 0.236 e. The third-order valence-electron chi connectivity index (χ3n) is 6.98. The fourth-order valence-corrected chi connectivity index (χ4v) is 5.95. The fraction of sp³-hybridized carbons (Fsp3) is 0.323. The van der Waals surface area contributed by atoms with Gasteiger partial charge in [0.1, 0.15) is 18.2 Å². The third-order valence-corrected chi connectivity index (χ3v) is 8.27. The van der Waals surface area contributed by atoms with E-state index in [1.54, 1.807) is 11.3 Å². The monoisotopic (exact) mass is 511 g/mol. The number of ether oxygens (including phenoxy) is 1. The van der Waals surface area contributed by atoms with Crippen LogP contribution < -0.4 is 9.64 Å². The van der Waals surface area contributed by atoms with Crippen molar-refractivity contribution in [2.75, 3.05) is 4.90 Å². The van der Waals surface area contributed by atoms with Gasteiger partial charge in [0.05, 0.1) is 23.2 Å². The summed E-state index contributed by atoms with van der Waals surface area (Å²) in [6, 6.07) is 20.3. The van der Waals surface area contributed by atoms with E-state index in [4.69, 9.17) is 9.72 Å². The summed E-state index contributed by atoms with van der Waals surface area (Å²) in [6.45, 7) is 7.15. The second-order valence-electron chi connectivity index (χ2n) is 9.63. The van der Waals surface area contributed by atoms with Crippen LogP contribution in [-0.2, 0) is 30.8 Å². The van der Waals surface area contributed by atoms with Crippen molar-refractivity contribution in [1.82, 2.24) is 9.97 Å². The molecule has 0 spiro atoms. The lowest BCUT2D eigenvalue weighted by Crippen LogP contribution is -2.36. The minimum atomic E-state index is -0.231. The molecule has 0 radical (unpaired) electrons. The number of aromatic nitrogens is 2. The van der Waals surface area contributed by atoms with E-state index < -0.39 is 0 Å². The lowest BCUT2D eigenvalue weighted by molar-refractivity contribution is -0.120. The summed E-state index contributed by atoms with van der Waals surface area (Å²) < 4.78 is 6.26. The van der Waals surface area contributed by atoms with Crippen molar-refractivity contribution in [1.29, 1.82) is 0 Å². The highest BCUT2D eigenvalue weighted by Gasteiger charge is 2.33. The summed E-state index contributed by atoms with van der Waals surface area (Å²) in [6.07, 6.45) is 5.41. The Balaban J connectivity index is 1.45. The molecule has 37 heavy (non-hydrogen) atoms. The van der Waals surface area contributed by atoms with Crippen molar-refractivity contribution in [2.45, 2.75) is 65.5 Å². The molecule has 0 saturated carbocycles. The van der Waals surface area contributed by atoms with Gasteiger partial charge in [-0.3, -0.25) is 9.69 Å². The molecule has 2 aromatic carbocycles. The Morgan fingerprint density at radius 1 is 1.08 bits per heavy atom. The molecule has 6 heteroatoms. The quantitative estimate of drug-likeness (QED) is 0.257. The Hall–Kier alpha value is -3.51. The summed E-state index contributed by atoms with van der Waals surface area (Å²) in [4.78, 5) is 26.6. The lowest BCUT2D eigenvalue weighted by atomic mass is 9.81. The van der Waals surface area contributed by atoms with Crippen molar-refractivity contribution < 1.29 is 9.53 Å². The van der Waals surface area contributed by atoms with Crippen molar-refractivity contribution in [3.05, 3.63) is 105 Å². The van der Waals surface area contributed by atoms with Gasteiger partial charge in [-0.2, -0.15) is 0 Å². The highest BCUT2D eigenvalue weighted by atomic mass is 32.1. The van der Waals surface area contributed by atoms with Crippen LogP contribution in [0, 0.1) is 13.8 Å². The zero-order valence-electron chi connectivity index (χ0n) is 21.7. The minimum Gasteiger partial charge on any atom is -0.489 e. The highest BCUT2D eigenvalue weighted by Crippen LogP contribution is 2.39. The molecule has 0 bridgehead atoms. The van der Waals surface area contributed by atoms with E-state index in [9.17, 15) is 4.79 Å². The van der Waals surface area contributed by atoms with Crippen molar-refractivity contribution in [2.24, 2.45) is 0 Å². The predicted octanol–water partition coefficient (Wildman–Crippen LogP) is 6.95. The number of carbonyl (C=O) groups excluding carboxylic acids is 1. The smallest absolute Gasteiger partial charge is 0.236 e. The van der Waals surface area contributed by atoms with Gasteiger partial charge in [-0.1, -0.05) is 55.5 Å². The Kier molecular flexibility index (Phi) is 7.65. The molecule has 1 amide bonds. The first-order valence-corrected chi connectivity index (χ1v) is 13.8. The molecule has 190 valence electrons. The summed E-state index contributed by atoms with van der Waals surface area (Å²) >= 11 is 1.69. The Morgan fingerprint density at radius 3 is 2.65 bits per heavy atom. The van der Waals surface area contributed by atoms with Crippen LogP contribution in [0.5, 0.6) is 5.75 Å². The number of hydrogen-bond donors (Lipinski definition) is 0. The maximum atomic E-state index is 14.3. The van der Waals surface area contributed by atoms with Crippen LogP contribution >= 0.6 is 11.3 Å². The van der Waals surface area contributed by atoms with Crippen LogP contribution in [0.1, 0.15) is 63.5 Å². The maximum absolute atomic E-state index is 14.3. The molecule has 4 aromatic rings. The lowest BCUT2D eigenvalue weighted by Gasteiger charge is -2.31. The average molecular weight is 512 g/mol. The van der Waals surface area contributed by atoms with Gasteiger partial charge in [-0.25, -0.2) is 9.97 Å². The molecular weight excluding hydrogens is 478 g/mol. The summed E-state index contributed by atoms with van der Waals surface area (Å²) in [5.41, 5.74) is 5.43. The molecule has 1 aliphatic carbocycles. The zero-order chi connectivity index (χ0) is 25.8. The standard InChI is InChI=1S/C31H33N3O2S/c1-4-30-33-22(3)28(37-30)19-34(29-17-16-21(2)18-32-29)31(35)26-14-8-13-25-24(26)12-9-15-27(25)36-20-23-10-6-5-7-11-23/h5-7,9-12,15-18,26H,4,8,13-14,19-20H2,1-3H3. The zero-order valence-corrected chi connectivity index (χ0v) is 22.6. The van der Waals surface area contributed by atoms with Gasteiger partial charge in [0.25, 0.3) is 0 Å². The molecule has 5 rings (SSSR count). The van der Waals surface area contributed by atoms with Crippen LogP contribution in [0.15, 0.2) is 66.9 Å². The third kappa shape index (κ3) is 5.59. The molecule has 1 atom stereocenters. The fourth-order valence-electron chi connectivity index (χ4n) is 4.95. The van der Waals surface area contributed by atoms with Gasteiger partial charge in [0.2, 0.25) is 5.91 Å². The van der Waals surface area contributed by atoms with E-state index in [1.165, 1.54) is 0 Å². The number of benzene rings is 2. The van der Waals surface area contributed by atoms with Crippen LogP contribution in [0.25, 0.3) is 0 Å². The predicted molar refractivity (Wildman–Crippen MR) is 149 cm³/mol. The number of thiazole rings is 1. The van der Waals surface area contributed by atoms with E-state index in [-0.39, 0.29) is 11.8 Å². The molecule has 5 nitrogen and oxygen atoms in total. The van der Waals surface area contributed by atoms with Crippen LogP contribution in [0.4, 0.5) is 5.82 Å². The van der Waals surface area contributed by atoms with E-state index in [1.807, 2.05) is 67.4 Å². The molecule has 0 N–H and O–H groups in total. The van der Waals surface area contributed by atoms with Gasteiger partial charge < -0.3 is 4.74 Å². The molecule has 2 heterocycles. The number of anilines is 1. The normalized spacial score (nSPS) is 14.7. The Labute approximate surface area is 223 Å². The van der Waals surface area contributed by atoms with Crippen molar-refractivity contribution >= 4 is 23.1 Å². The second-order valence-corrected chi connectivity index (χ2v) is 10.8. The number of hydrogen-bond acceptors (Lipinski definition) is 5. The van der Waals surface area contributed by atoms with E-state index in [2.05, 4.69) is 30.1 Å². The topological polar surface area (TPSA) is 55.3 Å². The van der Waals surface area contributed by atoms with E-state index >= 15 is 0 Å². The molecule has 0 fully saturated rings. The molecule has 0 aliphatic heterocycles. The van der Waals surface area contributed by atoms with Crippen LogP contribution in [-0.4, -0.2) is 15.9 Å². The van der Waals surface area contributed by atoms with Gasteiger partial charge in [0, 0.05) is 11.1 Å². The summed E-state index contributed by atoms with van der Waals surface area (Å²) in [5.74, 6) is 1.42. The molecule has 1 unspecified atom stereocenters. The van der Waals surface area contributed by atoms with E-state index in [0.29, 0.717) is 19.0 Å². The number of fused-ring (bicyclic) bond motifs is 1. The van der Waals surface area contributed by atoms with Crippen LogP contribution in [0.2, 0.25) is 0 Å². The number of carbonyl (C=O) groups is 1. The molecule has 0 saturated heterocycles. The van der Waals surface area contributed by atoms with Gasteiger partial charge in [0.15, 0.2) is 0 Å². The number of pyridine rings is 1. The summed E-state index contributed by atoms with van der Waals surface area (Å²) in [5, 5.41) is 1.10. The first-order chi connectivity index (χ1) is 18.0. The molecule has 2 aromatic heterocycles. The Bertz CT molecular complexity index is 1370. The van der Waals surface area contributed by atoms with Crippen molar-refractivity contribution in [3.8, 4) is 5.75 Å². The number of rotatable bonds is 8. The van der Waals surface area contributed by atoms with Crippen LogP contribution in [0.3, 0.4) is 0 Å². The summed E-state index contributed by atoms with van der Waals surface area (Å²) in [7, 11) is 0. The number of aryl methyl sites for hydroxylation is 3. The SMILES string of the molecule is CCc1nc(C)c(CN(C(=O)C2CCCc3c(OCc4ccccc4)cccc32)c2ccc(C)cn2)s1. The molecular formula is C31H33N3O2S. The highest BCUT2D eigenvalue weighted by molar-refractivity contribution is 7.11. The Morgan fingerprint density at radius 2 is 1.92 bits per heavy atom. The van der Waals surface area contributed by atoms with Gasteiger partial charge >= 0.3 is 0 Å². The molecule has 1 aliphatic rings. The first-order valence-electron chi connectivity index (χ1n) is 13.0. The van der Waals surface area contributed by atoms with Gasteiger partial charge in [-0.15, -0.1) is 11.3 Å². The minimum absolute atomic E-state index is 0.0864. The second kappa shape index (κ2) is 11.3. The average Bonchev–Trinajstić information content (AvgIpc) is 3.30. The largest absolute Gasteiger partial charge is 0.489 e.